The Labute approximate surface area is 131 Å². The minimum atomic E-state index is -0.0301. The van der Waals surface area contributed by atoms with E-state index in [2.05, 4.69) is 49.4 Å². The van der Waals surface area contributed by atoms with Gasteiger partial charge in [0.15, 0.2) is 0 Å². The van der Waals surface area contributed by atoms with Gasteiger partial charge in [-0.2, -0.15) is 0 Å². The van der Waals surface area contributed by atoms with Gasteiger partial charge in [0.1, 0.15) is 0 Å². The molecule has 0 saturated heterocycles. The van der Waals surface area contributed by atoms with Crippen molar-refractivity contribution in [2.24, 2.45) is 0 Å². The van der Waals surface area contributed by atoms with Crippen molar-refractivity contribution >= 4 is 11.6 Å². The summed E-state index contributed by atoms with van der Waals surface area (Å²) >= 11 is 6.01. The van der Waals surface area contributed by atoms with Crippen LogP contribution in [0.15, 0.2) is 30.5 Å². The van der Waals surface area contributed by atoms with Gasteiger partial charge >= 0.3 is 0 Å². The largest absolute Gasteiger partial charge is 0.308 e. The average molecular weight is 307 g/mol. The first-order valence-corrected chi connectivity index (χ1v) is 7.62. The number of hydrogen-bond donors (Lipinski definition) is 1. The van der Waals surface area contributed by atoms with Crippen LogP contribution in [-0.2, 0) is 18.5 Å². The van der Waals surface area contributed by atoms with E-state index in [4.69, 9.17) is 11.6 Å². The molecule has 0 aliphatic heterocycles. The molecule has 0 fully saturated rings. The summed E-state index contributed by atoms with van der Waals surface area (Å²) in [7, 11) is 0. The van der Waals surface area contributed by atoms with Gasteiger partial charge in [-0.25, -0.2) is 4.68 Å². The predicted octanol–water partition coefficient (Wildman–Crippen LogP) is 3.41. The first kappa shape index (κ1) is 16.0. The van der Waals surface area contributed by atoms with Crippen molar-refractivity contribution in [2.75, 3.05) is 0 Å². The van der Waals surface area contributed by atoms with E-state index in [1.807, 2.05) is 29.1 Å². The van der Waals surface area contributed by atoms with Gasteiger partial charge in [-0.1, -0.05) is 28.9 Å². The second-order valence-corrected chi connectivity index (χ2v) is 6.88. The number of nitrogens with zero attached hydrogens (tertiary/aromatic N) is 3. The van der Waals surface area contributed by atoms with E-state index in [-0.39, 0.29) is 5.54 Å². The topological polar surface area (TPSA) is 42.7 Å². The summed E-state index contributed by atoms with van der Waals surface area (Å²) < 4.78 is 1.89. The maximum absolute atomic E-state index is 6.01. The van der Waals surface area contributed by atoms with Crippen molar-refractivity contribution in [1.29, 1.82) is 0 Å². The molecule has 0 aliphatic carbocycles. The molecular weight excluding hydrogens is 284 g/mol. The second kappa shape index (κ2) is 6.58. The molecule has 4 nitrogen and oxygen atoms in total. The van der Waals surface area contributed by atoms with Crippen molar-refractivity contribution in [2.45, 2.75) is 52.2 Å². The smallest absolute Gasteiger partial charge is 0.0965 e. The Balaban J connectivity index is 1.86. The van der Waals surface area contributed by atoms with Gasteiger partial charge in [0.05, 0.1) is 17.4 Å². The quantitative estimate of drug-likeness (QED) is 0.920. The standard InChI is InChI=1S/C16H23ClN4/c1-12(8-13-6-5-7-14(17)9-13)18-10-15-11-21(20-19-15)16(2,3)4/h5-7,9,11-12,18H,8,10H2,1-4H3. The normalized spacial score (nSPS) is 13.4. The average Bonchev–Trinajstić information content (AvgIpc) is 2.85. The summed E-state index contributed by atoms with van der Waals surface area (Å²) in [5.74, 6) is 0. The van der Waals surface area contributed by atoms with Crippen LogP contribution in [0.1, 0.15) is 39.0 Å². The number of aromatic nitrogens is 3. The van der Waals surface area contributed by atoms with Gasteiger partial charge in [-0.3, -0.25) is 0 Å². The molecule has 1 heterocycles. The fraction of sp³-hybridized carbons (Fsp3) is 0.500. The fourth-order valence-corrected chi connectivity index (χ4v) is 2.29. The van der Waals surface area contributed by atoms with E-state index in [0.717, 1.165) is 23.7 Å². The molecule has 1 N–H and O–H groups in total. The molecule has 2 aromatic rings. The summed E-state index contributed by atoms with van der Waals surface area (Å²) in [4.78, 5) is 0. The summed E-state index contributed by atoms with van der Waals surface area (Å²) in [6.45, 7) is 9.22. The number of halogens is 1. The zero-order valence-electron chi connectivity index (χ0n) is 13.1. The summed E-state index contributed by atoms with van der Waals surface area (Å²) in [5.41, 5.74) is 2.17. The molecule has 0 bridgehead atoms. The molecule has 1 unspecified atom stereocenters. The lowest BCUT2D eigenvalue weighted by Crippen LogP contribution is -2.27. The lowest BCUT2D eigenvalue weighted by molar-refractivity contribution is 0.347. The first-order valence-electron chi connectivity index (χ1n) is 7.24. The number of rotatable bonds is 5. The van der Waals surface area contributed by atoms with E-state index in [9.17, 15) is 0 Å². The van der Waals surface area contributed by atoms with Crippen molar-refractivity contribution in [1.82, 2.24) is 20.3 Å². The third kappa shape index (κ3) is 4.83. The zero-order chi connectivity index (χ0) is 15.5. The Morgan fingerprint density at radius 1 is 1.33 bits per heavy atom. The van der Waals surface area contributed by atoms with Crippen LogP contribution in [0, 0.1) is 0 Å². The van der Waals surface area contributed by atoms with E-state index >= 15 is 0 Å². The third-order valence-corrected chi connectivity index (χ3v) is 3.53. The third-order valence-electron chi connectivity index (χ3n) is 3.29. The van der Waals surface area contributed by atoms with Crippen LogP contribution in [-0.4, -0.2) is 21.0 Å². The summed E-state index contributed by atoms with van der Waals surface area (Å²) in [5, 5.41) is 12.6. The Morgan fingerprint density at radius 2 is 2.10 bits per heavy atom. The zero-order valence-corrected chi connectivity index (χ0v) is 13.9. The van der Waals surface area contributed by atoms with Gasteiger partial charge in [-0.05, 0) is 51.8 Å². The van der Waals surface area contributed by atoms with Crippen LogP contribution in [0.3, 0.4) is 0 Å². The fourth-order valence-electron chi connectivity index (χ4n) is 2.08. The number of nitrogens with one attached hydrogen (secondary N) is 1. The highest BCUT2D eigenvalue weighted by Gasteiger charge is 2.15. The summed E-state index contributed by atoms with van der Waals surface area (Å²) in [6, 6.07) is 8.34. The van der Waals surface area contributed by atoms with Crippen LogP contribution < -0.4 is 5.32 Å². The maximum Gasteiger partial charge on any atom is 0.0965 e. The molecule has 0 radical (unpaired) electrons. The van der Waals surface area contributed by atoms with Gasteiger partial charge in [0, 0.05) is 17.6 Å². The lowest BCUT2D eigenvalue weighted by atomic mass is 10.1. The van der Waals surface area contributed by atoms with Gasteiger partial charge in [-0.15, -0.1) is 5.10 Å². The molecule has 0 aliphatic rings. The highest BCUT2D eigenvalue weighted by molar-refractivity contribution is 6.30. The molecule has 2 rings (SSSR count). The Morgan fingerprint density at radius 3 is 2.71 bits per heavy atom. The predicted molar refractivity (Wildman–Crippen MR) is 86.5 cm³/mol. The highest BCUT2D eigenvalue weighted by Crippen LogP contribution is 2.13. The highest BCUT2D eigenvalue weighted by atomic mass is 35.5. The van der Waals surface area contributed by atoms with Crippen molar-refractivity contribution in [3.05, 3.63) is 46.7 Å². The van der Waals surface area contributed by atoms with E-state index < -0.39 is 0 Å². The van der Waals surface area contributed by atoms with Crippen molar-refractivity contribution in [3.63, 3.8) is 0 Å². The number of benzene rings is 1. The SMILES string of the molecule is CC(Cc1cccc(Cl)c1)NCc1cn(C(C)(C)C)nn1. The van der Waals surface area contributed by atoms with Crippen molar-refractivity contribution < 1.29 is 0 Å². The molecule has 114 valence electrons. The summed E-state index contributed by atoms with van der Waals surface area (Å²) in [6.07, 6.45) is 2.94. The Bertz CT molecular complexity index is 586. The molecule has 0 amide bonds. The molecule has 21 heavy (non-hydrogen) atoms. The van der Waals surface area contributed by atoms with Crippen LogP contribution in [0.25, 0.3) is 0 Å². The van der Waals surface area contributed by atoms with Crippen molar-refractivity contribution in [3.8, 4) is 0 Å². The minimum Gasteiger partial charge on any atom is -0.308 e. The van der Waals surface area contributed by atoms with Crippen LogP contribution >= 0.6 is 11.6 Å². The molecule has 1 aromatic heterocycles. The molecule has 0 saturated carbocycles. The molecule has 1 aromatic carbocycles. The van der Waals surface area contributed by atoms with E-state index in [1.54, 1.807) is 0 Å². The lowest BCUT2D eigenvalue weighted by Gasteiger charge is -2.17. The molecule has 0 spiro atoms. The monoisotopic (exact) mass is 306 g/mol. The minimum absolute atomic E-state index is 0.0301. The van der Waals surface area contributed by atoms with Crippen LogP contribution in [0.2, 0.25) is 5.02 Å². The molecular formula is C16H23ClN4. The molecule has 1 atom stereocenters. The van der Waals surface area contributed by atoms with Gasteiger partial charge in [0.25, 0.3) is 0 Å². The number of hydrogen-bond acceptors (Lipinski definition) is 3. The van der Waals surface area contributed by atoms with E-state index in [0.29, 0.717) is 6.04 Å². The van der Waals surface area contributed by atoms with Crippen LogP contribution in [0.5, 0.6) is 0 Å². The van der Waals surface area contributed by atoms with Crippen LogP contribution in [0.4, 0.5) is 0 Å². The van der Waals surface area contributed by atoms with Gasteiger partial charge in [0.2, 0.25) is 0 Å². The van der Waals surface area contributed by atoms with E-state index in [1.165, 1.54) is 5.56 Å². The molecule has 5 heteroatoms. The maximum atomic E-state index is 6.01. The second-order valence-electron chi connectivity index (χ2n) is 6.44. The Kier molecular flexibility index (Phi) is 5.01. The van der Waals surface area contributed by atoms with Gasteiger partial charge < -0.3 is 5.32 Å². The first-order chi connectivity index (χ1) is 9.84. The Hall–Kier alpha value is -1.39.